The zero-order valence-corrected chi connectivity index (χ0v) is 13.9. The Labute approximate surface area is 131 Å². The first-order chi connectivity index (χ1) is 9.91. The average Bonchev–Trinajstić information content (AvgIpc) is 2.86. The van der Waals surface area contributed by atoms with Crippen molar-refractivity contribution in [2.24, 2.45) is 5.41 Å². The fourth-order valence-corrected chi connectivity index (χ4v) is 2.97. The molecule has 1 aliphatic rings. The van der Waals surface area contributed by atoms with Gasteiger partial charge in [0.05, 0.1) is 18.4 Å². The van der Waals surface area contributed by atoms with Gasteiger partial charge in [0.25, 0.3) is 5.56 Å². The topological polar surface area (TPSA) is 50.2 Å². The van der Waals surface area contributed by atoms with Gasteiger partial charge in [0.15, 0.2) is 0 Å². The zero-order valence-electron chi connectivity index (χ0n) is 13.2. The smallest absolute Gasteiger partial charge is 0.287 e. The molecule has 21 heavy (non-hydrogen) atoms. The molecule has 118 valence electrons. The number of anilines is 1. The third-order valence-electron chi connectivity index (χ3n) is 4.26. The van der Waals surface area contributed by atoms with Gasteiger partial charge in [0.1, 0.15) is 5.02 Å². The molecule has 0 bridgehead atoms. The lowest BCUT2D eigenvalue weighted by Gasteiger charge is -2.24. The van der Waals surface area contributed by atoms with Gasteiger partial charge >= 0.3 is 0 Å². The van der Waals surface area contributed by atoms with E-state index in [4.69, 9.17) is 11.6 Å². The van der Waals surface area contributed by atoms with E-state index in [-0.39, 0.29) is 10.6 Å². The summed E-state index contributed by atoms with van der Waals surface area (Å²) >= 11 is 6.20. The highest BCUT2D eigenvalue weighted by atomic mass is 35.5. The number of rotatable bonds is 6. The molecule has 0 aromatic carbocycles. The molecule has 1 saturated carbocycles. The van der Waals surface area contributed by atoms with Crippen molar-refractivity contribution in [2.45, 2.75) is 39.2 Å². The lowest BCUT2D eigenvalue weighted by Crippen LogP contribution is -2.30. The van der Waals surface area contributed by atoms with E-state index >= 15 is 0 Å². The molecular weight excluding hydrogens is 288 g/mol. The second kappa shape index (κ2) is 6.79. The molecule has 6 heteroatoms. The Morgan fingerprint density at radius 3 is 2.71 bits per heavy atom. The first-order valence-corrected chi connectivity index (χ1v) is 7.93. The Balaban J connectivity index is 2.04. The van der Waals surface area contributed by atoms with Crippen LogP contribution in [0.5, 0.6) is 0 Å². The van der Waals surface area contributed by atoms with E-state index in [0.29, 0.717) is 17.6 Å². The molecule has 1 aromatic rings. The van der Waals surface area contributed by atoms with Gasteiger partial charge < -0.3 is 10.2 Å². The molecule has 0 aliphatic heterocycles. The molecule has 1 fully saturated rings. The average molecular weight is 313 g/mol. The van der Waals surface area contributed by atoms with Gasteiger partial charge in [-0.15, -0.1) is 0 Å². The van der Waals surface area contributed by atoms with Crippen LogP contribution in [-0.4, -0.2) is 41.9 Å². The monoisotopic (exact) mass is 312 g/mol. The number of hydrogen-bond acceptors (Lipinski definition) is 4. The van der Waals surface area contributed by atoms with Crippen LogP contribution in [0, 0.1) is 5.41 Å². The summed E-state index contributed by atoms with van der Waals surface area (Å²) in [7, 11) is 3.93. The van der Waals surface area contributed by atoms with Crippen molar-refractivity contribution >= 4 is 17.3 Å². The predicted octanol–water partition coefficient (Wildman–Crippen LogP) is 2.45. The van der Waals surface area contributed by atoms with Crippen LogP contribution in [0.2, 0.25) is 5.02 Å². The minimum absolute atomic E-state index is 0.222. The first-order valence-electron chi connectivity index (χ1n) is 7.55. The van der Waals surface area contributed by atoms with E-state index in [0.717, 1.165) is 13.1 Å². The standard InChI is InChI=1S/C15H25ClN4O/c1-15(6-4-5-7-15)11-17-12-10-18-20(9-8-19(2)3)14(21)13(12)16/h10,17H,4-9,11H2,1-3H3. The van der Waals surface area contributed by atoms with Crippen molar-refractivity contribution < 1.29 is 0 Å². The highest BCUT2D eigenvalue weighted by Crippen LogP contribution is 2.37. The van der Waals surface area contributed by atoms with Gasteiger partial charge in [-0.05, 0) is 32.4 Å². The summed E-state index contributed by atoms with van der Waals surface area (Å²) in [5, 5.41) is 7.76. The van der Waals surface area contributed by atoms with E-state index in [9.17, 15) is 4.79 Å². The van der Waals surface area contributed by atoms with E-state index < -0.39 is 0 Å². The third kappa shape index (κ3) is 4.20. The van der Waals surface area contributed by atoms with Gasteiger partial charge in [-0.2, -0.15) is 5.10 Å². The summed E-state index contributed by atoms with van der Waals surface area (Å²) in [6.45, 7) is 4.43. The Kier molecular flexibility index (Phi) is 5.27. The van der Waals surface area contributed by atoms with Crippen molar-refractivity contribution in [3.63, 3.8) is 0 Å². The molecular formula is C15H25ClN4O. The van der Waals surface area contributed by atoms with Crippen molar-refractivity contribution in [2.75, 3.05) is 32.5 Å². The van der Waals surface area contributed by atoms with Gasteiger partial charge in [0.2, 0.25) is 0 Å². The molecule has 0 amide bonds. The summed E-state index contributed by atoms with van der Waals surface area (Å²) in [6, 6.07) is 0. The molecule has 1 N–H and O–H groups in total. The molecule has 0 saturated heterocycles. The minimum Gasteiger partial charge on any atom is -0.382 e. The van der Waals surface area contributed by atoms with E-state index in [1.807, 2.05) is 19.0 Å². The van der Waals surface area contributed by atoms with Gasteiger partial charge in [-0.3, -0.25) is 4.79 Å². The lowest BCUT2D eigenvalue weighted by molar-refractivity contribution is 0.361. The van der Waals surface area contributed by atoms with Crippen LogP contribution in [0.25, 0.3) is 0 Å². The van der Waals surface area contributed by atoms with Crippen LogP contribution in [0.4, 0.5) is 5.69 Å². The Morgan fingerprint density at radius 2 is 2.10 bits per heavy atom. The Morgan fingerprint density at radius 1 is 1.43 bits per heavy atom. The van der Waals surface area contributed by atoms with Crippen LogP contribution in [0.1, 0.15) is 32.6 Å². The largest absolute Gasteiger partial charge is 0.382 e. The maximum atomic E-state index is 12.2. The summed E-state index contributed by atoms with van der Waals surface area (Å²) in [6.07, 6.45) is 6.69. The Hall–Kier alpha value is -1.07. The number of likely N-dealkylation sites (N-methyl/N-ethyl adjacent to an activating group) is 1. The van der Waals surface area contributed by atoms with Crippen LogP contribution < -0.4 is 10.9 Å². The fraction of sp³-hybridized carbons (Fsp3) is 0.733. The highest BCUT2D eigenvalue weighted by molar-refractivity contribution is 6.32. The minimum atomic E-state index is -0.222. The maximum Gasteiger partial charge on any atom is 0.287 e. The van der Waals surface area contributed by atoms with E-state index in [1.54, 1.807) is 6.20 Å². The van der Waals surface area contributed by atoms with Crippen molar-refractivity contribution in [3.05, 3.63) is 21.6 Å². The molecule has 0 atom stereocenters. The summed E-state index contributed by atoms with van der Waals surface area (Å²) < 4.78 is 1.42. The molecule has 0 spiro atoms. The number of hydrogen-bond donors (Lipinski definition) is 1. The molecule has 5 nitrogen and oxygen atoms in total. The van der Waals surface area contributed by atoms with E-state index in [1.165, 1.54) is 30.4 Å². The third-order valence-corrected chi connectivity index (χ3v) is 4.63. The first kappa shape index (κ1) is 16.3. The highest BCUT2D eigenvalue weighted by Gasteiger charge is 2.28. The van der Waals surface area contributed by atoms with Crippen molar-refractivity contribution in [1.29, 1.82) is 0 Å². The van der Waals surface area contributed by atoms with Crippen LogP contribution in [-0.2, 0) is 6.54 Å². The summed E-state index contributed by atoms with van der Waals surface area (Å²) in [5.41, 5.74) is 0.735. The van der Waals surface area contributed by atoms with Crippen LogP contribution >= 0.6 is 11.6 Å². The van der Waals surface area contributed by atoms with Crippen molar-refractivity contribution in [1.82, 2.24) is 14.7 Å². The van der Waals surface area contributed by atoms with Gasteiger partial charge in [-0.25, -0.2) is 4.68 Å². The lowest BCUT2D eigenvalue weighted by atomic mass is 9.89. The maximum absolute atomic E-state index is 12.2. The quantitative estimate of drug-likeness (QED) is 0.876. The number of halogens is 1. The number of aromatic nitrogens is 2. The van der Waals surface area contributed by atoms with Crippen LogP contribution in [0.3, 0.4) is 0 Å². The second-order valence-electron chi connectivity index (χ2n) is 6.58. The van der Waals surface area contributed by atoms with Crippen molar-refractivity contribution in [3.8, 4) is 0 Å². The predicted molar refractivity (Wildman–Crippen MR) is 87.1 cm³/mol. The van der Waals surface area contributed by atoms with Gasteiger partial charge in [0, 0.05) is 13.1 Å². The van der Waals surface area contributed by atoms with Crippen LogP contribution in [0.15, 0.2) is 11.0 Å². The summed E-state index contributed by atoms with van der Waals surface area (Å²) in [4.78, 5) is 14.2. The molecule has 2 rings (SSSR count). The molecule has 1 aromatic heterocycles. The zero-order chi connectivity index (χ0) is 15.5. The van der Waals surface area contributed by atoms with Gasteiger partial charge in [-0.1, -0.05) is 31.4 Å². The SMILES string of the molecule is CN(C)CCn1ncc(NCC2(C)CCCC2)c(Cl)c1=O. The summed E-state index contributed by atoms with van der Waals surface area (Å²) in [5.74, 6) is 0. The molecule has 0 radical (unpaired) electrons. The Bertz CT molecular complexity index is 535. The molecule has 1 heterocycles. The molecule has 1 aliphatic carbocycles. The second-order valence-corrected chi connectivity index (χ2v) is 6.95. The number of nitrogens with zero attached hydrogens (tertiary/aromatic N) is 3. The van der Waals surface area contributed by atoms with E-state index in [2.05, 4.69) is 17.3 Å². The normalized spacial score (nSPS) is 17.4. The fourth-order valence-electron chi connectivity index (χ4n) is 2.76. The molecule has 0 unspecified atom stereocenters. The number of nitrogens with one attached hydrogen (secondary N) is 1.